The van der Waals surface area contributed by atoms with Crippen molar-refractivity contribution in [1.82, 2.24) is 0 Å². The molecule has 0 aliphatic carbocycles. The minimum Gasteiger partial charge on any atom is -0.483 e. The second-order valence-electron chi connectivity index (χ2n) is 4.45. The van der Waals surface area contributed by atoms with Crippen LogP contribution in [0.1, 0.15) is 10.4 Å². The number of ether oxygens (including phenoxy) is 2. The normalized spacial score (nSPS) is 10.0. The van der Waals surface area contributed by atoms with Crippen molar-refractivity contribution in [2.75, 3.05) is 19.0 Å². The molecule has 7 heteroatoms. The van der Waals surface area contributed by atoms with E-state index >= 15 is 0 Å². The van der Waals surface area contributed by atoms with Crippen LogP contribution in [-0.2, 0) is 9.53 Å². The van der Waals surface area contributed by atoms with Gasteiger partial charge in [0.05, 0.1) is 7.11 Å². The molecule has 0 aliphatic heterocycles. The molecule has 0 saturated carbocycles. The first-order chi connectivity index (χ1) is 11.0. The summed E-state index contributed by atoms with van der Waals surface area (Å²) < 4.78 is 35.7. The lowest BCUT2D eigenvalue weighted by atomic mass is 10.2. The molecular weight excluding hydrogens is 308 g/mol. The third-order valence-corrected chi connectivity index (χ3v) is 2.85. The summed E-state index contributed by atoms with van der Waals surface area (Å²) in [5, 5.41) is 2.36. The van der Waals surface area contributed by atoms with Gasteiger partial charge in [0, 0.05) is 11.8 Å². The van der Waals surface area contributed by atoms with E-state index in [2.05, 4.69) is 10.1 Å². The van der Waals surface area contributed by atoms with Crippen LogP contribution >= 0.6 is 0 Å². The molecule has 2 aromatic rings. The SMILES string of the molecule is COC(=O)c1ccccc1OCC(=O)Nc1ccc(F)c(F)c1. The monoisotopic (exact) mass is 321 g/mol. The Balaban J connectivity index is 1.99. The van der Waals surface area contributed by atoms with Gasteiger partial charge in [0.25, 0.3) is 5.91 Å². The van der Waals surface area contributed by atoms with Crippen LogP contribution in [-0.4, -0.2) is 25.6 Å². The fourth-order valence-electron chi connectivity index (χ4n) is 1.79. The molecule has 2 rings (SSSR count). The van der Waals surface area contributed by atoms with Crippen LogP contribution in [0.5, 0.6) is 5.75 Å². The lowest BCUT2D eigenvalue weighted by Gasteiger charge is -2.10. The molecule has 0 spiro atoms. The van der Waals surface area contributed by atoms with Gasteiger partial charge < -0.3 is 14.8 Å². The predicted octanol–water partition coefficient (Wildman–Crippen LogP) is 2.77. The molecule has 120 valence electrons. The molecule has 0 saturated heterocycles. The molecule has 5 nitrogen and oxygen atoms in total. The molecule has 0 aliphatic rings. The van der Waals surface area contributed by atoms with Crippen molar-refractivity contribution >= 4 is 17.6 Å². The van der Waals surface area contributed by atoms with E-state index in [9.17, 15) is 18.4 Å². The van der Waals surface area contributed by atoms with Gasteiger partial charge in [-0.15, -0.1) is 0 Å². The van der Waals surface area contributed by atoms with Crippen molar-refractivity contribution in [3.8, 4) is 5.75 Å². The maximum absolute atomic E-state index is 13.1. The van der Waals surface area contributed by atoms with Gasteiger partial charge in [-0.05, 0) is 24.3 Å². The summed E-state index contributed by atoms with van der Waals surface area (Å²) >= 11 is 0. The largest absolute Gasteiger partial charge is 0.483 e. The second-order valence-corrected chi connectivity index (χ2v) is 4.45. The number of methoxy groups -OCH3 is 1. The first-order valence-electron chi connectivity index (χ1n) is 6.56. The zero-order valence-corrected chi connectivity index (χ0v) is 12.1. The van der Waals surface area contributed by atoms with Crippen molar-refractivity contribution in [2.45, 2.75) is 0 Å². The predicted molar refractivity (Wildman–Crippen MR) is 78.3 cm³/mol. The number of benzene rings is 2. The summed E-state index contributed by atoms with van der Waals surface area (Å²) in [6, 6.07) is 9.24. The fraction of sp³-hybridized carbons (Fsp3) is 0.125. The zero-order valence-electron chi connectivity index (χ0n) is 12.1. The van der Waals surface area contributed by atoms with Crippen molar-refractivity contribution in [3.05, 3.63) is 59.7 Å². The summed E-state index contributed by atoms with van der Waals surface area (Å²) in [6.07, 6.45) is 0. The lowest BCUT2D eigenvalue weighted by Crippen LogP contribution is -2.21. The number of anilines is 1. The smallest absolute Gasteiger partial charge is 0.341 e. The van der Waals surface area contributed by atoms with Gasteiger partial charge >= 0.3 is 5.97 Å². The molecule has 0 aromatic heterocycles. The highest BCUT2D eigenvalue weighted by Gasteiger charge is 2.13. The summed E-state index contributed by atoms with van der Waals surface area (Å²) in [4.78, 5) is 23.3. The second kappa shape index (κ2) is 7.35. The maximum Gasteiger partial charge on any atom is 0.341 e. The molecule has 0 atom stereocenters. The number of hydrogen-bond donors (Lipinski definition) is 1. The number of halogens is 2. The van der Waals surface area contributed by atoms with E-state index in [-0.39, 0.29) is 17.0 Å². The average Bonchev–Trinajstić information content (AvgIpc) is 2.56. The molecule has 23 heavy (non-hydrogen) atoms. The van der Waals surface area contributed by atoms with E-state index in [0.29, 0.717) is 0 Å². The minimum atomic E-state index is -1.07. The standard InChI is InChI=1S/C16H13F2NO4/c1-22-16(21)11-4-2-3-5-14(11)23-9-15(20)19-10-6-7-12(17)13(18)8-10/h2-8H,9H2,1H3,(H,19,20). The van der Waals surface area contributed by atoms with Crippen LogP contribution in [0.15, 0.2) is 42.5 Å². The number of amides is 1. The molecule has 0 heterocycles. The number of nitrogens with one attached hydrogen (secondary N) is 1. The van der Waals surface area contributed by atoms with Crippen LogP contribution in [0.3, 0.4) is 0 Å². The van der Waals surface area contributed by atoms with E-state index in [1.54, 1.807) is 12.1 Å². The van der Waals surface area contributed by atoms with Gasteiger partial charge in [0.1, 0.15) is 11.3 Å². The average molecular weight is 321 g/mol. The Bertz CT molecular complexity index is 734. The van der Waals surface area contributed by atoms with Crippen LogP contribution < -0.4 is 10.1 Å². The van der Waals surface area contributed by atoms with Crippen LogP contribution in [0.25, 0.3) is 0 Å². The first-order valence-corrected chi connectivity index (χ1v) is 6.56. The highest BCUT2D eigenvalue weighted by molar-refractivity contribution is 5.94. The minimum absolute atomic E-state index is 0.0961. The van der Waals surface area contributed by atoms with E-state index in [4.69, 9.17) is 4.74 Å². The van der Waals surface area contributed by atoms with Crippen molar-refractivity contribution in [2.24, 2.45) is 0 Å². The Morgan fingerprint density at radius 3 is 2.52 bits per heavy atom. The Morgan fingerprint density at radius 2 is 1.83 bits per heavy atom. The van der Waals surface area contributed by atoms with E-state index in [1.165, 1.54) is 25.3 Å². The number of para-hydroxylation sites is 1. The number of carbonyl (C=O) groups is 2. The molecule has 2 aromatic carbocycles. The van der Waals surface area contributed by atoms with Crippen LogP contribution in [0, 0.1) is 11.6 Å². The third-order valence-electron chi connectivity index (χ3n) is 2.85. The van der Waals surface area contributed by atoms with Gasteiger partial charge in [-0.1, -0.05) is 12.1 Å². The summed E-state index contributed by atoms with van der Waals surface area (Å²) in [7, 11) is 1.23. The summed E-state index contributed by atoms with van der Waals surface area (Å²) in [6.45, 7) is -0.410. The van der Waals surface area contributed by atoms with Crippen molar-refractivity contribution < 1.29 is 27.8 Å². The van der Waals surface area contributed by atoms with Gasteiger partial charge in [0.2, 0.25) is 0 Å². The number of hydrogen-bond acceptors (Lipinski definition) is 4. The number of carbonyl (C=O) groups excluding carboxylic acids is 2. The number of rotatable bonds is 5. The van der Waals surface area contributed by atoms with Gasteiger partial charge in [-0.2, -0.15) is 0 Å². The summed E-state index contributed by atoms with van der Waals surface area (Å²) in [5.41, 5.74) is 0.273. The van der Waals surface area contributed by atoms with Gasteiger partial charge in [0.15, 0.2) is 18.2 Å². The Hall–Kier alpha value is -2.96. The van der Waals surface area contributed by atoms with E-state index in [0.717, 1.165) is 12.1 Å². The van der Waals surface area contributed by atoms with E-state index in [1.807, 2.05) is 0 Å². The Labute approximate surface area is 130 Å². The molecule has 1 N–H and O–H groups in total. The quantitative estimate of drug-likeness (QED) is 0.860. The Morgan fingerprint density at radius 1 is 1.09 bits per heavy atom. The molecule has 1 amide bonds. The first kappa shape index (κ1) is 16.4. The highest BCUT2D eigenvalue weighted by Crippen LogP contribution is 2.19. The van der Waals surface area contributed by atoms with Gasteiger partial charge in [-0.3, -0.25) is 4.79 Å². The maximum atomic E-state index is 13.1. The molecule has 0 radical (unpaired) electrons. The van der Waals surface area contributed by atoms with Crippen LogP contribution in [0.4, 0.5) is 14.5 Å². The fourth-order valence-corrected chi connectivity index (χ4v) is 1.79. The Kier molecular flexibility index (Phi) is 5.24. The van der Waals surface area contributed by atoms with E-state index < -0.39 is 30.1 Å². The van der Waals surface area contributed by atoms with Gasteiger partial charge in [-0.25, -0.2) is 13.6 Å². The van der Waals surface area contributed by atoms with Crippen LogP contribution in [0.2, 0.25) is 0 Å². The summed E-state index contributed by atoms with van der Waals surface area (Å²) in [5.74, 6) is -3.08. The molecule has 0 unspecified atom stereocenters. The zero-order chi connectivity index (χ0) is 16.8. The molecule has 0 fully saturated rings. The highest BCUT2D eigenvalue weighted by atomic mass is 19.2. The molecular formula is C16H13F2NO4. The topological polar surface area (TPSA) is 64.6 Å². The lowest BCUT2D eigenvalue weighted by molar-refractivity contribution is -0.118. The number of esters is 1. The molecule has 0 bridgehead atoms. The third kappa shape index (κ3) is 4.26. The van der Waals surface area contributed by atoms with Crippen molar-refractivity contribution in [1.29, 1.82) is 0 Å². The van der Waals surface area contributed by atoms with Crippen molar-refractivity contribution in [3.63, 3.8) is 0 Å².